The van der Waals surface area contributed by atoms with E-state index < -0.39 is 0 Å². The van der Waals surface area contributed by atoms with Crippen LogP contribution < -0.4 is 11.1 Å². The summed E-state index contributed by atoms with van der Waals surface area (Å²) in [6.45, 7) is 3.66. The summed E-state index contributed by atoms with van der Waals surface area (Å²) in [7, 11) is 0. The minimum atomic E-state index is 0.782. The second-order valence-corrected chi connectivity index (χ2v) is 4.57. The predicted molar refractivity (Wildman–Crippen MR) is 81.3 cm³/mol. The summed E-state index contributed by atoms with van der Waals surface area (Å²) in [6.07, 6.45) is 7.83. The Kier molecular flexibility index (Phi) is 7.51. The topological polar surface area (TPSA) is 74.8 Å². The summed E-state index contributed by atoms with van der Waals surface area (Å²) in [5, 5.41) is 10.7. The zero-order valence-corrected chi connectivity index (χ0v) is 11.7. The average Bonchev–Trinajstić information content (AvgIpc) is 2.42. The minimum absolute atomic E-state index is 0.782. The van der Waals surface area contributed by atoms with Gasteiger partial charge in [-0.2, -0.15) is 0 Å². The molecule has 0 saturated heterocycles. The number of hydrogen-bond acceptors (Lipinski definition) is 4. The van der Waals surface area contributed by atoms with Gasteiger partial charge in [0.2, 0.25) is 0 Å². The number of rotatable bonds is 9. The first-order valence-electron chi connectivity index (χ1n) is 6.86. The van der Waals surface area contributed by atoms with Crippen molar-refractivity contribution in [2.24, 2.45) is 5.73 Å². The van der Waals surface area contributed by atoms with Crippen LogP contribution in [-0.2, 0) is 0 Å². The summed E-state index contributed by atoms with van der Waals surface area (Å²) < 4.78 is 0. The number of aromatic nitrogens is 1. The van der Waals surface area contributed by atoms with Crippen molar-refractivity contribution in [3.63, 3.8) is 0 Å². The number of unbranched alkanes of at least 4 members (excludes halogenated alkanes) is 3. The molecule has 0 atom stereocenters. The minimum Gasteiger partial charge on any atom is -0.390 e. The maximum absolute atomic E-state index is 7.45. The van der Waals surface area contributed by atoms with Crippen molar-refractivity contribution in [3.8, 4) is 0 Å². The lowest BCUT2D eigenvalue weighted by molar-refractivity contribution is 0.630. The SMILES string of the molecule is Cc1cccc(/C(C=N)=C/NCCCCCCN)n1. The van der Waals surface area contributed by atoms with Crippen molar-refractivity contribution in [2.45, 2.75) is 32.6 Å². The van der Waals surface area contributed by atoms with Gasteiger partial charge >= 0.3 is 0 Å². The van der Waals surface area contributed by atoms with Crippen molar-refractivity contribution in [1.29, 1.82) is 5.41 Å². The van der Waals surface area contributed by atoms with E-state index in [0.717, 1.165) is 42.9 Å². The Bertz CT molecular complexity index is 412. The van der Waals surface area contributed by atoms with Gasteiger partial charge in [0.25, 0.3) is 0 Å². The van der Waals surface area contributed by atoms with Gasteiger partial charge in [-0.05, 0) is 38.4 Å². The molecule has 4 N–H and O–H groups in total. The second-order valence-electron chi connectivity index (χ2n) is 4.57. The lowest BCUT2D eigenvalue weighted by Crippen LogP contribution is -2.09. The van der Waals surface area contributed by atoms with Crippen LogP contribution in [0.5, 0.6) is 0 Å². The molecule has 4 nitrogen and oxygen atoms in total. The van der Waals surface area contributed by atoms with Crippen molar-refractivity contribution in [2.75, 3.05) is 13.1 Å². The summed E-state index contributed by atoms with van der Waals surface area (Å²) >= 11 is 0. The molecule has 19 heavy (non-hydrogen) atoms. The highest BCUT2D eigenvalue weighted by Gasteiger charge is 1.99. The Morgan fingerprint density at radius 3 is 2.79 bits per heavy atom. The van der Waals surface area contributed by atoms with Gasteiger partial charge in [0, 0.05) is 30.2 Å². The van der Waals surface area contributed by atoms with E-state index in [2.05, 4.69) is 10.3 Å². The molecule has 4 heteroatoms. The Hall–Kier alpha value is -1.68. The van der Waals surface area contributed by atoms with Crippen molar-refractivity contribution < 1.29 is 0 Å². The van der Waals surface area contributed by atoms with E-state index in [0.29, 0.717) is 0 Å². The van der Waals surface area contributed by atoms with E-state index >= 15 is 0 Å². The van der Waals surface area contributed by atoms with Gasteiger partial charge in [-0.1, -0.05) is 18.9 Å². The molecule has 0 unspecified atom stereocenters. The highest BCUT2D eigenvalue weighted by Crippen LogP contribution is 2.08. The third kappa shape index (κ3) is 6.15. The second kappa shape index (κ2) is 9.28. The molecular weight excluding hydrogens is 236 g/mol. The fourth-order valence-electron chi connectivity index (χ4n) is 1.80. The Morgan fingerprint density at radius 2 is 2.11 bits per heavy atom. The number of aryl methyl sites for hydroxylation is 1. The molecule has 0 aliphatic rings. The van der Waals surface area contributed by atoms with Gasteiger partial charge in [0.05, 0.1) is 5.69 Å². The average molecular weight is 260 g/mol. The summed E-state index contributed by atoms with van der Waals surface area (Å²) in [5.74, 6) is 0. The van der Waals surface area contributed by atoms with Gasteiger partial charge < -0.3 is 16.5 Å². The first kappa shape index (κ1) is 15.4. The first-order valence-corrected chi connectivity index (χ1v) is 6.86. The third-order valence-electron chi connectivity index (χ3n) is 2.87. The van der Waals surface area contributed by atoms with Crippen LogP contribution >= 0.6 is 0 Å². The summed E-state index contributed by atoms with van der Waals surface area (Å²) in [6, 6.07) is 5.84. The maximum atomic E-state index is 7.45. The lowest BCUT2D eigenvalue weighted by atomic mass is 10.2. The van der Waals surface area contributed by atoms with Crippen LogP contribution in [0.25, 0.3) is 5.57 Å². The molecule has 0 spiro atoms. The Labute approximate surface area is 115 Å². The monoisotopic (exact) mass is 260 g/mol. The molecule has 0 aliphatic carbocycles. The van der Waals surface area contributed by atoms with Gasteiger partial charge in [-0.3, -0.25) is 4.98 Å². The molecule has 0 bridgehead atoms. The number of nitrogens with two attached hydrogens (primary N) is 1. The van der Waals surface area contributed by atoms with Crippen molar-refractivity contribution >= 4 is 11.8 Å². The molecule has 0 aromatic carbocycles. The summed E-state index contributed by atoms with van der Waals surface area (Å²) in [5.41, 5.74) is 8.06. The molecule has 0 aliphatic heterocycles. The molecule has 1 heterocycles. The smallest absolute Gasteiger partial charge is 0.0734 e. The van der Waals surface area contributed by atoms with E-state index in [1.54, 1.807) is 0 Å². The van der Waals surface area contributed by atoms with Crippen LogP contribution in [-0.4, -0.2) is 24.3 Å². The normalized spacial score (nSPS) is 11.4. The van der Waals surface area contributed by atoms with E-state index in [9.17, 15) is 0 Å². The Morgan fingerprint density at radius 1 is 1.32 bits per heavy atom. The largest absolute Gasteiger partial charge is 0.390 e. The van der Waals surface area contributed by atoms with Crippen molar-refractivity contribution in [1.82, 2.24) is 10.3 Å². The molecule has 1 rings (SSSR count). The molecule has 0 radical (unpaired) electrons. The van der Waals surface area contributed by atoms with E-state index in [4.69, 9.17) is 11.1 Å². The lowest BCUT2D eigenvalue weighted by Gasteiger charge is -2.05. The fourth-order valence-corrected chi connectivity index (χ4v) is 1.80. The van der Waals surface area contributed by atoms with E-state index in [1.165, 1.54) is 19.1 Å². The molecule has 0 fully saturated rings. The van der Waals surface area contributed by atoms with Gasteiger partial charge in [0.15, 0.2) is 0 Å². The molecular formula is C15H24N4. The zero-order valence-electron chi connectivity index (χ0n) is 11.7. The number of nitrogens with one attached hydrogen (secondary N) is 2. The van der Waals surface area contributed by atoms with E-state index in [-0.39, 0.29) is 0 Å². The van der Waals surface area contributed by atoms with Crippen LogP contribution in [0.1, 0.15) is 37.1 Å². The molecule has 0 saturated carbocycles. The molecule has 1 aromatic heterocycles. The number of allylic oxidation sites excluding steroid dienone is 1. The van der Waals surface area contributed by atoms with Crippen LogP contribution in [0, 0.1) is 12.3 Å². The van der Waals surface area contributed by atoms with Gasteiger partial charge in [0.1, 0.15) is 0 Å². The highest BCUT2D eigenvalue weighted by atomic mass is 14.8. The maximum Gasteiger partial charge on any atom is 0.0734 e. The van der Waals surface area contributed by atoms with Crippen LogP contribution in [0.4, 0.5) is 0 Å². The molecule has 1 aromatic rings. The van der Waals surface area contributed by atoms with Crippen LogP contribution in [0.3, 0.4) is 0 Å². The number of hydrogen-bond donors (Lipinski definition) is 3. The fraction of sp³-hybridized carbons (Fsp3) is 0.467. The molecule has 104 valence electrons. The quantitative estimate of drug-likeness (QED) is 0.471. The third-order valence-corrected chi connectivity index (χ3v) is 2.87. The van der Waals surface area contributed by atoms with E-state index in [1.807, 2.05) is 31.3 Å². The Balaban J connectivity index is 2.38. The van der Waals surface area contributed by atoms with Gasteiger partial charge in [-0.25, -0.2) is 0 Å². The standard InChI is InChI=1S/C15H24N4/c1-13-7-6-8-15(19-13)14(11-17)12-18-10-5-3-2-4-9-16/h6-8,11-12,17-18H,2-5,9-10,16H2,1H3/b14-12+,17-11?. The number of pyridine rings is 1. The highest BCUT2D eigenvalue weighted by molar-refractivity contribution is 6.07. The van der Waals surface area contributed by atoms with Crippen molar-refractivity contribution in [3.05, 3.63) is 35.8 Å². The van der Waals surface area contributed by atoms with Crippen LogP contribution in [0.2, 0.25) is 0 Å². The number of nitrogens with zero attached hydrogens (tertiary/aromatic N) is 1. The zero-order chi connectivity index (χ0) is 13.9. The van der Waals surface area contributed by atoms with Crippen LogP contribution in [0.15, 0.2) is 24.4 Å². The summed E-state index contributed by atoms with van der Waals surface area (Å²) in [4.78, 5) is 4.41. The predicted octanol–water partition coefficient (Wildman–Crippen LogP) is 2.49. The first-order chi connectivity index (χ1) is 9.27. The van der Waals surface area contributed by atoms with Gasteiger partial charge in [-0.15, -0.1) is 0 Å². The molecule has 0 amide bonds.